The summed E-state index contributed by atoms with van der Waals surface area (Å²) in [6.45, 7) is 3.04. The van der Waals surface area contributed by atoms with Gasteiger partial charge in [-0.15, -0.1) is 0 Å². The summed E-state index contributed by atoms with van der Waals surface area (Å²) in [6.07, 6.45) is 5.47. The number of ether oxygens (including phenoxy) is 2. The van der Waals surface area contributed by atoms with E-state index >= 15 is 0 Å². The van der Waals surface area contributed by atoms with Crippen LogP contribution in [0.5, 0.6) is 11.6 Å². The summed E-state index contributed by atoms with van der Waals surface area (Å²) >= 11 is 0. The monoisotopic (exact) mass is 759 g/mol. The number of aliphatic hydroxyl groups excluding tert-OH is 1. The minimum atomic E-state index is -4.29. The van der Waals surface area contributed by atoms with Gasteiger partial charge in [0.2, 0.25) is 27.7 Å². The van der Waals surface area contributed by atoms with E-state index in [1.165, 1.54) is 30.3 Å². The Balaban J connectivity index is 1.35. The Kier molecular flexibility index (Phi) is 10.6. The zero-order chi connectivity index (χ0) is 38.3. The number of sulfonamides is 1. The molecule has 2 saturated carbocycles. The Bertz CT molecular complexity index is 1920. The third-order valence-corrected chi connectivity index (χ3v) is 13.4. The zero-order valence-electron chi connectivity index (χ0n) is 29.8. The normalized spacial score (nSPS) is 30.5. The van der Waals surface area contributed by atoms with Gasteiger partial charge in [0.05, 0.1) is 20.3 Å². The van der Waals surface area contributed by atoms with E-state index in [0.29, 0.717) is 36.5 Å². The third kappa shape index (κ3) is 7.50. The Labute approximate surface area is 306 Å². The third-order valence-electron chi connectivity index (χ3n) is 11.2. The van der Waals surface area contributed by atoms with Crippen molar-refractivity contribution in [1.82, 2.24) is 25.2 Å². The van der Waals surface area contributed by atoms with Gasteiger partial charge in [0.15, 0.2) is 11.6 Å². The fourth-order valence-corrected chi connectivity index (χ4v) is 9.15. The van der Waals surface area contributed by atoms with Crippen LogP contribution in [0.15, 0.2) is 36.5 Å². The highest BCUT2D eigenvalue weighted by atomic mass is 32.2. The van der Waals surface area contributed by atoms with E-state index in [2.05, 4.69) is 20.3 Å². The van der Waals surface area contributed by atoms with Crippen LogP contribution in [0.3, 0.4) is 0 Å². The number of allylic oxidation sites excluding steroid dienone is 1. The summed E-state index contributed by atoms with van der Waals surface area (Å²) in [6, 6.07) is 1.86. The van der Waals surface area contributed by atoms with Crippen molar-refractivity contribution in [3.05, 3.63) is 42.4 Å². The van der Waals surface area contributed by atoms with Gasteiger partial charge in [-0.3, -0.25) is 19.1 Å². The predicted octanol–water partition coefficient (Wildman–Crippen LogP) is 2.62. The van der Waals surface area contributed by atoms with Crippen LogP contribution in [0, 0.1) is 23.6 Å². The first-order chi connectivity index (χ1) is 25.2. The molecule has 2 aromatic rings. The molecule has 1 saturated heterocycles. The van der Waals surface area contributed by atoms with E-state index in [4.69, 9.17) is 9.47 Å². The minimum absolute atomic E-state index is 0.0168. The fraction of sp³-hybridized carbons (Fsp3) is 0.583. The summed E-state index contributed by atoms with van der Waals surface area (Å²) in [4.78, 5) is 60.2. The van der Waals surface area contributed by atoms with E-state index in [1.54, 1.807) is 12.1 Å². The number of carbonyl (C=O) groups excluding carboxylic acids is 3. The van der Waals surface area contributed by atoms with E-state index < -0.39 is 86.6 Å². The molecule has 3 heterocycles. The molecule has 5 N–H and O–H groups in total. The number of benzene rings is 1. The smallest absolute Gasteiger partial charge is 0.405 e. The van der Waals surface area contributed by atoms with Crippen LogP contribution in [-0.4, -0.2) is 101 Å². The summed E-state index contributed by atoms with van der Waals surface area (Å²) in [5.41, 5.74) is -1.66. The van der Waals surface area contributed by atoms with Gasteiger partial charge in [-0.05, 0) is 73.9 Å². The van der Waals surface area contributed by atoms with Crippen molar-refractivity contribution in [1.29, 1.82) is 0 Å². The van der Waals surface area contributed by atoms with Crippen molar-refractivity contribution in [3.8, 4) is 11.6 Å². The molecule has 0 bridgehead atoms. The molecule has 53 heavy (non-hydrogen) atoms. The number of rotatable bonds is 9. The molecule has 4 aliphatic rings. The molecular weight excluding hydrogens is 713 g/mol. The number of methoxy groups -OCH3 is 1. The van der Waals surface area contributed by atoms with Gasteiger partial charge in [-0.25, -0.2) is 22.6 Å². The van der Waals surface area contributed by atoms with Gasteiger partial charge in [0, 0.05) is 23.9 Å². The number of nitrogens with zero attached hydrogens (tertiary/aromatic N) is 2. The lowest BCUT2D eigenvalue weighted by Gasteiger charge is -2.33. The van der Waals surface area contributed by atoms with Crippen LogP contribution in [0.4, 0.5) is 9.18 Å². The molecule has 15 nitrogen and oxygen atoms in total. The molecule has 1 aromatic heterocycles. The highest BCUT2D eigenvalue weighted by molar-refractivity contribution is 7.91. The topological polar surface area (TPSA) is 214 Å². The summed E-state index contributed by atoms with van der Waals surface area (Å²) in [5, 5.41) is 25.6. The second-order valence-electron chi connectivity index (χ2n) is 14.8. The number of fused-ring (bicyclic) bond motifs is 3. The molecule has 7 atom stereocenters. The van der Waals surface area contributed by atoms with Gasteiger partial charge in [-0.1, -0.05) is 32.4 Å². The first-order valence-corrected chi connectivity index (χ1v) is 19.4. The van der Waals surface area contributed by atoms with Gasteiger partial charge < -0.3 is 35.2 Å². The molecular formula is C36H46FN5O10S. The van der Waals surface area contributed by atoms with Crippen molar-refractivity contribution in [2.75, 3.05) is 20.3 Å². The van der Waals surface area contributed by atoms with E-state index in [9.17, 15) is 42.2 Å². The number of pyridine rings is 1. The van der Waals surface area contributed by atoms with E-state index in [1.807, 2.05) is 19.9 Å². The van der Waals surface area contributed by atoms with Gasteiger partial charge in [0.25, 0.3) is 5.91 Å². The summed E-state index contributed by atoms with van der Waals surface area (Å²) in [5.74, 6) is -3.86. The largest absolute Gasteiger partial charge is 0.494 e. The molecule has 2 aliphatic heterocycles. The minimum Gasteiger partial charge on any atom is -0.494 e. The molecule has 6 rings (SSSR count). The Morgan fingerprint density at radius 3 is 2.62 bits per heavy atom. The molecule has 4 amide bonds. The lowest BCUT2D eigenvalue weighted by molar-refractivity contribution is -0.142. The van der Waals surface area contributed by atoms with Gasteiger partial charge >= 0.3 is 6.09 Å². The second kappa shape index (κ2) is 14.7. The lowest BCUT2D eigenvalue weighted by Crippen LogP contribution is -2.59. The van der Waals surface area contributed by atoms with Crippen molar-refractivity contribution in [2.45, 2.75) is 93.7 Å². The number of carboxylic acid groups (broad SMARTS) is 1. The first kappa shape index (κ1) is 38.2. The molecule has 0 radical (unpaired) electrons. The van der Waals surface area contributed by atoms with Crippen LogP contribution in [0.2, 0.25) is 0 Å². The van der Waals surface area contributed by atoms with Crippen molar-refractivity contribution >= 4 is 44.6 Å². The van der Waals surface area contributed by atoms with Crippen molar-refractivity contribution < 1.29 is 51.7 Å². The maximum Gasteiger partial charge on any atom is 0.405 e. The van der Waals surface area contributed by atoms with Gasteiger partial charge in [0.1, 0.15) is 28.5 Å². The molecule has 2 aliphatic carbocycles. The average Bonchev–Trinajstić information content (AvgIpc) is 4.02. The number of halogens is 1. The summed E-state index contributed by atoms with van der Waals surface area (Å²) in [7, 11) is -2.95. The van der Waals surface area contributed by atoms with Crippen LogP contribution >= 0.6 is 0 Å². The van der Waals surface area contributed by atoms with E-state index in [0.717, 1.165) is 0 Å². The first-order valence-electron chi connectivity index (χ1n) is 17.9. The summed E-state index contributed by atoms with van der Waals surface area (Å²) < 4.78 is 53.1. The Hall–Kier alpha value is -4.51. The van der Waals surface area contributed by atoms with Crippen molar-refractivity contribution in [2.24, 2.45) is 17.8 Å². The maximum absolute atomic E-state index is 14.8. The average molecular weight is 760 g/mol. The number of hydrogen-bond donors (Lipinski definition) is 5. The van der Waals surface area contributed by atoms with Crippen LogP contribution < -0.4 is 24.8 Å². The van der Waals surface area contributed by atoms with Gasteiger partial charge in [-0.2, -0.15) is 0 Å². The molecule has 0 spiro atoms. The SMILES string of the molecule is CC[C@@H]1C[C@H](C)CC/C=C\[C@@H]2C[C@@]2(C(=O)NS(=O)(=O)C2(CO)CC2)NC(=O)[C@@H]2C[C@@H](Oc3nccc4cc(OC)c(F)cc34)CN2C(=O)[C@H]1NC(=O)O. The molecule has 288 valence electrons. The standard InChI is InChI=1S/C36H46FN5O10S/c1-4-21-13-20(2)7-5-6-8-23-17-36(23,33(46)41-53(49,50)35(19-43)10-11-35)40-30(44)27-15-24(18-42(27)32(45)29(21)39-34(47)48)52-31-25-16-26(37)28(51-3)14-22(25)9-12-38-31/h6,8-9,12,14,16,20-21,23-24,27,29,39,43H,4-5,7,10-11,13,15,17-19H2,1-3H3,(H,40,44)(H,41,46)(H,47,48)/b8-6-/t20-,21-,23-,24-,27+,29+,36-/m1/s1. The van der Waals surface area contributed by atoms with E-state index in [-0.39, 0.29) is 49.8 Å². The van der Waals surface area contributed by atoms with Crippen LogP contribution in [0.25, 0.3) is 10.8 Å². The molecule has 1 aromatic carbocycles. The maximum atomic E-state index is 14.8. The Morgan fingerprint density at radius 2 is 1.96 bits per heavy atom. The number of nitrogens with one attached hydrogen (secondary N) is 3. The highest BCUT2D eigenvalue weighted by Gasteiger charge is 2.64. The molecule has 17 heteroatoms. The fourth-order valence-electron chi connectivity index (χ4n) is 7.70. The van der Waals surface area contributed by atoms with Crippen LogP contribution in [-0.2, 0) is 24.4 Å². The number of aliphatic hydroxyl groups is 1. The second-order valence-corrected chi connectivity index (χ2v) is 16.9. The molecule has 3 fully saturated rings. The molecule has 0 unspecified atom stereocenters. The highest BCUT2D eigenvalue weighted by Crippen LogP contribution is 2.48. The van der Waals surface area contributed by atoms with Crippen molar-refractivity contribution in [3.63, 3.8) is 0 Å². The quantitative estimate of drug-likeness (QED) is 0.235. The predicted molar refractivity (Wildman–Crippen MR) is 189 cm³/mol. The number of carbonyl (C=O) groups is 4. The lowest BCUT2D eigenvalue weighted by atomic mass is 9.85. The number of aromatic nitrogens is 1. The number of hydrogen-bond acceptors (Lipinski definition) is 10. The number of amides is 4. The Morgan fingerprint density at radius 1 is 1.21 bits per heavy atom. The van der Waals surface area contributed by atoms with Crippen LogP contribution in [0.1, 0.15) is 65.2 Å². The zero-order valence-corrected chi connectivity index (χ0v) is 30.7.